The molecule has 1 aromatic rings. The number of benzene rings is 1. The topological polar surface area (TPSA) is 83.1 Å². The first kappa shape index (κ1) is 10.2. The highest BCUT2D eigenvalue weighted by molar-refractivity contribution is 7.86. The Labute approximate surface area is 97.2 Å². The Morgan fingerprint density at radius 2 is 2.06 bits per heavy atom. The van der Waals surface area contributed by atoms with Gasteiger partial charge in [-0.2, -0.15) is 8.42 Å². The number of rotatable bonds is 1. The Bertz CT molecular complexity index is 776. The third-order valence-corrected chi connectivity index (χ3v) is 3.57. The van der Waals surface area contributed by atoms with Gasteiger partial charge in [0.2, 0.25) is 0 Å². The van der Waals surface area contributed by atoms with Crippen molar-refractivity contribution in [3.8, 4) is 11.4 Å². The summed E-state index contributed by atoms with van der Waals surface area (Å²) in [5.41, 5.74) is 1.42. The molecular weight excluding hydrogens is 240 g/mol. The quantitative estimate of drug-likeness (QED) is 0.644. The lowest BCUT2D eigenvalue weighted by atomic mass is 10.2. The van der Waals surface area contributed by atoms with Crippen molar-refractivity contribution < 1.29 is 13.0 Å². The Kier molecular flexibility index (Phi) is 1.98. The standard InChI is InChI=1S/C11H8N2O3S/c14-17(15,16)10-3-1-2-7-8(10)6-9-11(7)13-5-4-12-9/h1-6,12H,(H,14,15,16). The van der Waals surface area contributed by atoms with Crippen LogP contribution in [0.1, 0.15) is 0 Å². The number of nitrogens with one attached hydrogen (secondary N) is 1. The number of hydrogen-bond donors (Lipinski definition) is 2. The first-order valence-corrected chi connectivity index (χ1v) is 6.34. The molecule has 0 bridgehead atoms. The van der Waals surface area contributed by atoms with Crippen LogP contribution in [0.15, 0.2) is 41.6 Å². The third-order valence-electron chi connectivity index (χ3n) is 2.66. The van der Waals surface area contributed by atoms with E-state index in [1.165, 1.54) is 6.07 Å². The number of aromatic amines is 1. The maximum absolute atomic E-state index is 11.2. The molecule has 0 spiro atoms. The summed E-state index contributed by atoms with van der Waals surface area (Å²) in [6.07, 6.45) is 3.26. The van der Waals surface area contributed by atoms with E-state index >= 15 is 0 Å². The molecular formula is C11H8N2O3S. The van der Waals surface area contributed by atoms with Gasteiger partial charge >= 0.3 is 0 Å². The minimum atomic E-state index is -4.22. The number of fused-ring (bicyclic) bond motifs is 3. The van der Waals surface area contributed by atoms with Crippen LogP contribution in [-0.4, -0.2) is 22.9 Å². The fourth-order valence-corrected chi connectivity index (χ4v) is 2.67. The summed E-state index contributed by atoms with van der Waals surface area (Å²) in [6, 6.07) is 6.39. The van der Waals surface area contributed by atoms with E-state index < -0.39 is 10.1 Å². The molecule has 6 heteroatoms. The van der Waals surface area contributed by atoms with Crippen molar-refractivity contribution in [3.05, 3.63) is 36.7 Å². The maximum Gasteiger partial charge on any atom is 0.295 e. The fraction of sp³-hybridized carbons (Fsp3) is 0. The van der Waals surface area contributed by atoms with E-state index in [4.69, 9.17) is 4.55 Å². The summed E-state index contributed by atoms with van der Waals surface area (Å²) < 4.78 is 31.7. The van der Waals surface area contributed by atoms with Crippen LogP contribution in [0.25, 0.3) is 22.2 Å². The molecule has 3 rings (SSSR count). The molecule has 0 saturated heterocycles. The van der Waals surface area contributed by atoms with E-state index in [2.05, 4.69) is 9.97 Å². The molecule has 1 aromatic carbocycles. The normalized spacial score (nSPS) is 12.3. The maximum atomic E-state index is 11.2. The molecule has 0 fully saturated rings. The molecule has 86 valence electrons. The summed E-state index contributed by atoms with van der Waals surface area (Å²) in [5.74, 6) is 0. The fourth-order valence-electron chi connectivity index (χ4n) is 1.97. The molecule has 0 saturated carbocycles. The van der Waals surface area contributed by atoms with Gasteiger partial charge in [-0.1, -0.05) is 12.1 Å². The molecule has 17 heavy (non-hydrogen) atoms. The molecule has 0 radical (unpaired) electrons. The first-order valence-electron chi connectivity index (χ1n) is 4.90. The molecule has 1 heterocycles. The first-order chi connectivity index (χ1) is 8.07. The van der Waals surface area contributed by atoms with E-state index in [1.54, 1.807) is 30.6 Å². The van der Waals surface area contributed by atoms with Gasteiger partial charge in [0.15, 0.2) is 0 Å². The van der Waals surface area contributed by atoms with Crippen LogP contribution in [0.2, 0.25) is 0 Å². The lowest BCUT2D eigenvalue weighted by molar-refractivity contribution is 0.484. The number of nitrogens with zero attached hydrogens (tertiary/aromatic N) is 1. The van der Waals surface area contributed by atoms with Crippen LogP contribution in [0.4, 0.5) is 0 Å². The minimum Gasteiger partial charge on any atom is -0.358 e. The monoisotopic (exact) mass is 248 g/mol. The molecule has 5 nitrogen and oxygen atoms in total. The van der Waals surface area contributed by atoms with Crippen molar-refractivity contribution in [1.29, 1.82) is 0 Å². The lowest BCUT2D eigenvalue weighted by Gasteiger charge is -1.99. The highest BCUT2D eigenvalue weighted by atomic mass is 32.2. The van der Waals surface area contributed by atoms with Crippen molar-refractivity contribution >= 4 is 20.9 Å². The molecule has 0 amide bonds. The summed E-state index contributed by atoms with van der Waals surface area (Å²) in [5, 5.41) is 1.17. The Morgan fingerprint density at radius 1 is 1.24 bits per heavy atom. The number of hydrogen-bond acceptors (Lipinski definition) is 3. The SMILES string of the molecule is O=S(=O)(O)c1cccc2c3ncc[nH]c-3cc12. The van der Waals surface area contributed by atoms with Gasteiger partial charge in [0.05, 0.1) is 11.4 Å². The summed E-state index contributed by atoms with van der Waals surface area (Å²) in [6.45, 7) is 0. The van der Waals surface area contributed by atoms with E-state index in [0.717, 1.165) is 5.69 Å². The van der Waals surface area contributed by atoms with E-state index in [0.29, 0.717) is 16.5 Å². The van der Waals surface area contributed by atoms with Crippen molar-refractivity contribution in [2.24, 2.45) is 0 Å². The molecule has 0 unspecified atom stereocenters. The van der Waals surface area contributed by atoms with E-state index in [9.17, 15) is 8.42 Å². The summed E-state index contributed by atoms with van der Waals surface area (Å²) >= 11 is 0. The Balaban J connectivity index is 2.53. The summed E-state index contributed by atoms with van der Waals surface area (Å²) in [4.78, 5) is 7.07. The van der Waals surface area contributed by atoms with Gasteiger partial charge in [-0.3, -0.25) is 9.54 Å². The molecule has 0 atom stereocenters. The second-order valence-electron chi connectivity index (χ2n) is 3.69. The van der Waals surface area contributed by atoms with Crippen LogP contribution in [0, 0.1) is 0 Å². The smallest absolute Gasteiger partial charge is 0.295 e. The van der Waals surface area contributed by atoms with Crippen LogP contribution in [-0.2, 0) is 10.1 Å². The molecule has 1 aliphatic heterocycles. The predicted octanol–water partition coefficient (Wildman–Crippen LogP) is 1.91. The van der Waals surface area contributed by atoms with Gasteiger partial charge < -0.3 is 4.98 Å². The average molecular weight is 248 g/mol. The largest absolute Gasteiger partial charge is 0.358 e. The average Bonchev–Trinajstić information content (AvgIpc) is 2.65. The van der Waals surface area contributed by atoms with E-state index in [1.807, 2.05) is 0 Å². The number of aromatic nitrogens is 2. The van der Waals surface area contributed by atoms with Gasteiger partial charge in [0.25, 0.3) is 10.1 Å². The van der Waals surface area contributed by atoms with Crippen LogP contribution >= 0.6 is 0 Å². The zero-order valence-electron chi connectivity index (χ0n) is 8.58. The van der Waals surface area contributed by atoms with Gasteiger partial charge in [-0.25, -0.2) is 0 Å². The zero-order chi connectivity index (χ0) is 12.0. The van der Waals surface area contributed by atoms with Gasteiger partial charge in [-0.05, 0) is 12.1 Å². The predicted molar refractivity (Wildman–Crippen MR) is 62.5 cm³/mol. The Morgan fingerprint density at radius 3 is 2.82 bits per heavy atom. The van der Waals surface area contributed by atoms with Crippen LogP contribution < -0.4 is 0 Å². The van der Waals surface area contributed by atoms with Gasteiger partial charge in [-0.15, -0.1) is 0 Å². The summed E-state index contributed by atoms with van der Waals surface area (Å²) in [7, 11) is -4.22. The lowest BCUT2D eigenvalue weighted by Crippen LogP contribution is -1.97. The second kappa shape index (κ2) is 3.28. The van der Waals surface area contributed by atoms with Crippen molar-refractivity contribution in [2.75, 3.05) is 0 Å². The van der Waals surface area contributed by atoms with Crippen LogP contribution in [0.3, 0.4) is 0 Å². The van der Waals surface area contributed by atoms with Crippen LogP contribution in [0.5, 0.6) is 0 Å². The zero-order valence-corrected chi connectivity index (χ0v) is 9.40. The van der Waals surface area contributed by atoms with Crippen molar-refractivity contribution in [2.45, 2.75) is 4.90 Å². The van der Waals surface area contributed by atoms with Crippen molar-refractivity contribution in [1.82, 2.24) is 9.97 Å². The number of H-pyrrole nitrogens is 1. The van der Waals surface area contributed by atoms with Crippen molar-refractivity contribution in [3.63, 3.8) is 0 Å². The van der Waals surface area contributed by atoms with Gasteiger partial charge in [0, 0.05) is 23.2 Å². The highest BCUT2D eigenvalue weighted by Crippen LogP contribution is 2.34. The molecule has 2 aliphatic rings. The van der Waals surface area contributed by atoms with Gasteiger partial charge in [0.1, 0.15) is 4.90 Å². The second-order valence-corrected chi connectivity index (χ2v) is 5.08. The third kappa shape index (κ3) is 1.49. The minimum absolute atomic E-state index is 0.0959. The van der Waals surface area contributed by atoms with E-state index in [-0.39, 0.29) is 4.90 Å². The highest BCUT2D eigenvalue weighted by Gasteiger charge is 2.19. The Hall–Kier alpha value is -1.92. The molecule has 2 N–H and O–H groups in total. The molecule has 1 aliphatic carbocycles. The molecule has 0 aromatic heterocycles.